The molecule has 1 aliphatic rings. The van der Waals surface area contributed by atoms with E-state index in [2.05, 4.69) is 24.1 Å². The first-order valence-electron chi connectivity index (χ1n) is 5.58. The SMILES string of the molecule is CC(N)/C=C/c1ccc2c(c1)N(C)CCO2. The van der Waals surface area contributed by atoms with Crippen molar-refractivity contribution in [1.82, 2.24) is 0 Å². The normalized spacial score (nSPS) is 17.1. The van der Waals surface area contributed by atoms with E-state index in [0.29, 0.717) is 0 Å². The zero-order valence-electron chi connectivity index (χ0n) is 9.81. The summed E-state index contributed by atoms with van der Waals surface area (Å²) in [4.78, 5) is 2.21. The molecule has 1 unspecified atom stereocenters. The Morgan fingerprint density at radius 3 is 3.06 bits per heavy atom. The van der Waals surface area contributed by atoms with Crippen LogP contribution in [0, 0.1) is 0 Å². The maximum atomic E-state index is 5.68. The van der Waals surface area contributed by atoms with Crippen molar-refractivity contribution in [3.05, 3.63) is 29.8 Å². The number of nitrogens with two attached hydrogens (primary N) is 1. The molecular formula is C13H18N2O. The van der Waals surface area contributed by atoms with Crippen molar-refractivity contribution in [3.63, 3.8) is 0 Å². The minimum atomic E-state index is 0.0880. The molecule has 2 N–H and O–H groups in total. The van der Waals surface area contributed by atoms with Gasteiger partial charge in [-0.1, -0.05) is 18.2 Å². The van der Waals surface area contributed by atoms with E-state index in [1.807, 2.05) is 25.1 Å². The predicted molar refractivity (Wildman–Crippen MR) is 67.9 cm³/mol. The van der Waals surface area contributed by atoms with Crippen LogP contribution in [0.25, 0.3) is 6.08 Å². The summed E-state index contributed by atoms with van der Waals surface area (Å²) in [6.45, 7) is 3.66. The second-order valence-corrected chi connectivity index (χ2v) is 4.22. The van der Waals surface area contributed by atoms with Crippen molar-refractivity contribution >= 4 is 11.8 Å². The second kappa shape index (κ2) is 4.58. The van der Waals surface area contributed by atoms with Crippen LogP contribution in [0.3, 0.4) is 0 Å². The van der Waals surface area contributed by atoms with Gasteiger partial charge in [-0.25, -0.2) is 0 Å². The number of likely N-dealkylation sites (N-methyl/N-ethyl adjacent to an activating group) is 1. The van der Waals surface area contributed by atoms with Gasteiger partial charge in [0.15, 0.2) is 0 Å². The van der Waals surface area contributed by atoms with E-state index in [9.17, 15) is 0 Å². The molecule has 0 radical (unpaired) electrons. The van der Waals surface area contributed by atoms with Crippen LogP contribution in [-0.4, -0.2) is 26.2 Å². The molecule has 0 spiro atoms. The van der Waals surface area contributed by atoms with Crippen LogP contribution in [0.2, 0.25) is 0 Å². The minimum Gasteiger partial charge on any atom is -0.490 e. The molecule has 0 fully saturated rings. The van der Waals surface area contributed by atoms with Gasteiger partial charge in [0, 0.05) is 13.1 Å². The van der Waals surface area contributed by atoms with Crippen LogP contribution in [-0.2, 0) is 0 Å². The quantitative estimate of drug-likeness (QED) is 0.823. The number of ether oxygens (including phenoxy) is 1. The lowest BCUT2D eigenvalue weighted by Crippen LogP contribution is -2.28. The number of benzene rings is 1. The molecule has 0 amide bonds. The number of hydrogen-bond donors (Lipinski definition) is 1. The van der Waals surface area contributed by atoms with Crippen molar-refractivity contribution in [2.24, 2.45) is 5.73 Å². The first-order chi connectivity index (χ1) is 7.66. The molecular weight excluding hydrogens is 200 g/mol. The number of hydrogen-bond acceptors (Lipinski definition) is 3. The Bertz CT molecular complexity index is 399. The van der Waals surface area contributed by atoms with Crippen LogP contribution in [0.15, 0.2) is 24.3 Å². The fourth-order valence-corrected chi connectivity index (χ4v) is 1.73. The lowest BCUT2D eigenvalue weighted by atomic mass is 10.1. The highest BCUT2D eigenvalue weighted by atomic mass is 16.5. The molecule has 3 nitrogen and oxygen atoms in total. The zero-order valence-corrected chi connectivity index (χ0v) is 9.81. The average molecular weight is 218 g/mol. The minimum absolute atomic E-state index is 0.0880. The molecule has 0 saturated heterocycles. The van der Waals surface area contributed by atoms with Crippen LogP contribution in [0.5, 0.6) is 5.75 Å². The Morgan fingerprint density at radius 1 is 1.50 bits per heavy atom. The lowest BCUT2D eigenvalue weighted by Gasteiger charge is -2.27. The van der Waals surface area contributed by atoms with Gasteiger partial charge in [-0.15, -0.1) is 0 Å². The molecule has 0 bridgehead atoms. The van der Waals surface area contributed by atoms with Crippen LogP contribution >= 0.6 is 0 Å². The first kappa shape index (κ1) is 11.0. The average Bonchev–Trinajstić information content (AvgIpc) is 2.27. The summed E-state index contributed by atoms with van der Waals surface area (Å²) in [5.41, 5.74) is 7.99. The van der Waals surface area contributed by atoms with Gasteiger partial charge in [0.1, 0.15) is 12.4 Å². The molecule has 1 aromatic carbocycles. The molecule has 0 aromatic heterocycles. The summed E-state index contributed by atoms with van der Waals surface area (Å²) >= 11 is 0. The van der Waals surface area contributed by atoms with E-state index in [0.717, 1.165) is 30.2 Å². The highest BCUT2D eigenvalue weighted by Gasteiger charge is 2.14. The molecule has 1 heterocycles. The van der Waals surface area contributed by atoms with Gasteiger partial charge in [-0.3, -0.25) is 0 Å². The van der Waals surface area contributed by atoms with Crippen molar-refractivity contribution in [3.8, 4) is 5.75 Å². The van der Waals surface area contributed by atoms with Gasteiger partial charge in [0.05, 0.1) is 12.2 Å². The Balaban J connectivity index is 2.27. The second-order valence-electron chi connectivity index (χ2n) is 4.22. The van der Waals surface area contributed by atoms with Gasteiger partial charge >= 0.3 is 0 Å². The molecule has 1 aliphatic heterocycles. The summed E-state index contributed by atoms with van der Waals surface area (Å²) < 4.78 is 5.58. The highest BCUT2D eigenvalue weighted by Crippen LogP contribution is 2.31. The molecule has 1 aromatic rings. The monoisotopic (exact) mass is 218 g/mol. The van der Waals surface area contributed by atoms with Crippen LogP contribution in [0.1, 0.15) is 12.5 Å². The smallest absolute Gasteiger partial charge is 0.142 e. The summed E-state index contributed by atoms with van der Waals surface area (Å²) in [5, 5.41) is 0. The van der Waals surface area contributed by atoms with E-state index in [-0.39, 0.29) is 6.04 Å². The topological polar surface area (TPSA) is 38.5 Å². The summed E-state index contributed by atoms with van der Waals surface area (Å²) in [5.74, 6) is 0.965. The Morgan fingerprint density at radius 2 is 2.31 bits per heavy atom. The molecule has 3 heteroatoms. The van der Waals surface area contributed by atoms with Gasteiger partial charge in [0.25, 0.3) is 0 Å². The van der Waals surface area contributed by atoms with Gasteiger partial charge in [-0.05, 0) is 24.6 Å². The van der Waals surface area contributed by atoms with E-state index in [1.165, 1.54) is 0 Å². The summed E-state index contributed by atoms with van der Waals surface area (Å²) in [7, 11) is 2.08. The predicted octanol–water partition coefficient (Wildman–Crippen LogP) is 1.88. The van der Waals surface area contributed by atoms with Crippen LogP contribution < -0.4 is 15.4 Å². The Labute approximate surface area is 96.5 Å². The summed E-state index contributed by atoms with van der Waals surface area (Å²) in [6, 6.07) is 6.29. The first-order valence-corrected chi connectivity index (χ1v) is 5.58. The summed E-state index contributed by atoms with van der Waals surface area (Å²) in [6.07, 6.45) is 4.04. The number of rotatable bonds is 2. The molecule has 0 saturated carbocycles. The Hall–Kier alpha value is -1.48. The van der Waals surface area contributed by atoms with Gasteiger partial charge < -0.3 is 15.4 Å². The fourth-order valence-electron chi connectivity index (χ4n) is 1.73. The lowest BCUT2D eigenvalue weighted by molar-refractivity contribution is 0.311. The largest absolute Gasteiger partial charge is 0.490 e. The maximum absolute atomic E-state index is 5.68. The van der Waals surface area contributed by atoms with E-state index in [1.54, 1.807) is 0 Å². The standard InChI is InChI=1S/C13H18N2O/c1-10(14)3-4-11-5-6-13-12(9-11)15(2)7-8-16-13/h3-6,9-10H,7-8,14H2,1-2H3/b4-3+. The van der Waals surface area contributed by atoms with Gasteiger partial charge in [-0.2, -0.15) is 0 Å². The third-order valence-electron chi connectivity index (χ3n) is 2.67. The van der Waals surface area contributed by atoms with E-state index in [4.69, 9.17) is 10.5 Å². The highest BCUT2D eigenvalue weighted by molar-refractivity contribution is 5.66. The van der Waals surface area contributed by atoms with E-state index < -0.39 is 0 Å². The molecule has 16 heavy (non-hydrogen) atoms. The van der Waals surface area contributed by atoms with Gasteiger partial charge in [0.2, 0.25) is 0 Å². The molecule has 86 valence electrons. The van der Waals surface area contributed by atoms with Crippen LogP contribution in [0.4, 0.5) is 5.69 Å². The fraction of sp³-hybridized carbons (Fsp3) is 0.385. The van der Waals surface area contributed by atoms with Crippen molar-refractivity contribution in [2.45, 2.75) is 13.0 Å². The number of anilines is 1. The molecule has 2 rings (SSSR count). The number of nitrogens with zero attached hydrogens (tertiary/aromatic N) is 1. The third kappa shape index (κ3) is 2.36. The Kier molecular flexibility index (Phi) is 3.15. The van der Waals surface area contributed by atoms with E-state index >= 15 is 0 Å². The zero-order chi connectivity index (χ0) is 11.5. The van der Waals surface area contributed by atoms with Crippen molar-refractivity contribution < 1.29 is 4.74 Å². The van der Waals surface area contributed by atoms with Crippen molar-refractivity contribution in [2.75, 3.05) is 25.1 Å². The number of fused-ring (bicyclic) bond motifs is 1. The maximum Gasteiger partial charge on any atom is 0.142 e. The molecule has 0 aliphatic carbocycles. The van der Waals surface area contributed by atoms with Crippen molar-refractivity contribution in [1.29, 1.82) is 0 Å². The molecule has 1 atom stereocenters. The third-order valence-corrected chi connectivity index (χ3v) is 2.67.